The van der Waals surface area contributed by atoms with E-state index in [2.05, 4.69) is 39.8 Å². The van der Waals surface area contributed by atoms with Crippen LogP contribution in [0.4, 0.5) is 5.69 Å². The number of nitrogens with zero attached hydrogens (tertiary/aromatic N) is 3. The molecule has 3 aliphatic carbocycles. The Balaban J connectivity index is 1.27. The van der Waals surface area contributed by atoms with E-state index in [9.17, 15) is 9.90 Å². The van der Waals surface area contributed by atoms with Crippen LogP contribution in [0.15, 0.2) is 28.1 Å². The van der Waals surface area contributed by atoms with Crippen molar-refractivity contribution in [1.82, 2.24) is 9.80 Å². The maximum Gasteiger partial charge on any atom is 0.246 e. The molecular formula is C30H36BrN3O3S. The number of rotatable bonds is 6. The minimum absolute atomic E-state index is 0.00545. The van der Waals surface area contributed by atoms with Crippen molar-refractivity contribution in [2.24, 2.45) is 11.8 Å². The molecule has 0 unspecified atom stereocenters. The normalized spacial score (nSPS) is 31.3. The zero-order chi connectivity index (χ0) is 26.3. The van der Waals surface area contributed by atoms with Gasteiger partial charge in [0.15, 0.2) is 11.5 Å². The number of hydrogen-bond acceptors (Lipinski definition) is 6. The molecule has 2 bridgehead atoms. The summed E-state index contributed by atoms with van der Waals surface area (Å²) in [5.41, 5.74) is 3.56. The van der Waals surface area contributed by atoms with Gasteiger partial charge in [-0.3, -0.25) is 9.69 Å². The van der Waals surface area contributed by atoms with Crippen LogP contribution >= 0.6 is 27.3 Å². The molecule has 2 aliphatic heterocycles. The lowest BCUT2D eigenvalue weighted by Crippen LogP contribution is -2.69. The standard InChI is InChI=1S/C30H36BrN3O3S/c1-32(2)23-14-25(35)28-27-20(23)13-24-21-7-8-22(33(3)26(36)9-6-19-12-18(31)16-38-19)29(37-28)30(21,27)10-11-34(24)15-17-4-5-17/h6,9,12,14,16-17,21-22,24,29,35H,4-5,7-8,10-11,13,15H2,1-3H3/b9-6+/t21-,22+,24+,29-,30-/m0/s1. The summed E-state index contributed by atoms with van der Waals surface area (Å²) in [7, 11) is 6.07. The van der Waals surface area contributed by atoms with Crippen LogP contribution in [0.1, 0.15) is 48.1 Å². The van der Waals surface area contributed by atoms with Crippen molar-refractivity contribution in [3.05, 3.63) is 44.1 Å². The predicted molar refractivity (Wildman–Crippen MR) is 155 cm³/mol. The lowest BCUT2D eigenvalue weighted by Gasteiger charge is -2.60. The van der Waals surface area contributed by atoms with Crippen molar-refractivity contribution in [2.45, 2.75) is 62.1 Å². The molecule has 7 rings (SSSR count). The Morgan fingerprint density at radius 2 is 2.08 bits per heavy atom. The maximum atomic E-state index is 13.4. The van der Waals surface area contributed by atoms with E-state index in [1.54, 1.807) is 17.4 Å². The highest BCUT2D eigenvalue weighted by atomic mass is 79.9. The Morgan fingerprint density at radius 3 is 2.79 bits per heavy atom. The van der Waals surface area contributed by atoms with Gasteiger partial charge in [-0.1, -0.05) is 0 Å². The van der Waals surface area contributed by atoms with Gasteiger partial charge in [-0.15, -0.1) is 11.3 Å². The van der Waals surface area contributed by atoms with Crippen LogP contribution in [0, 0.1) is 11.8 Å². The number of hydrogen-bond donors (Lipinski definition) is 1. The Bertz CT molecular complexity index is 1320. The van der Waals surface area contributed by atoms with Gasteiger partial charge < -0.3 is 19.6 Å². The number of benzene rings is 1. The predicted octanol–water partition coefficient (Wildman–Crippen LogP) is 5.27. The van der Waals surface area contributed by atoms with Crippen molar-refractivity contribution in [3.8, 4) is 11.5 Å². The van der Waals surface area contributed by atoms with Crippen molar-refractivity contribution in [3.63, 3.8) is 0 Å². The molecular weight excluding hydrogens is 562 g/mol. The summed E-state index contributed by atoms with van der Waals surface area (Å²) in [6.07, 6.45) is 10.3. The first-order valence-electron chi connectivity index (χ1n) is 13.9. The second kappa shape index (κ2) is 9.00. The van der Waals surface area contributed by atoms with E-state index in [4.69, 9.17) is 4.74 Å². The Labute approximate surface area is 237 Å². The number of likely N-dealkylation sites (N-methyl/N-ethyl adjacent to an activating group) is 1. The average Bonchev–Trinajstić information content (AvgIpc) is 3.51. The molecule has 2 aromatic rings. The summed E-state index contributed by atoms with van der Waals surface area (Å²) < 4.78 is 7.85. The zero-order valence-corrected chi connectivity index (χ0v) is 24.7. The molecule has 0 radical (unpaired) electrons. The molecule has 2 saturated carbocycles. The molecule has 202 valence electrons. The molecule has 5 aliphatic rings. The molecule has 38 heavy (non-hydrogen) atoms. The van der Waals surface area contributed by atoms with Crippen LogP contribution in [0.5, 0.6) is 11.5 Å². The summed E-state index contributed by atoms with van der Waals surface area (Å²) >= 11 is 5.11. The van der Waals surface area contributed by atoms with Gasteiger partial charge in [-0.2, -0.15) is 0 Å². The van der Waals surface area contributed by atoms with E-state index >= 15 is 0 Å². The summed E-state index contributed by atoms with van der Waals surface area (Å²) in [6, 6.07) is 4.39. The van der Waals surface area contributed by atoms with Gasteiger partial charge in [-0.25, -0.2) is 0 Å². The van der Waals surface area contributed by atoms with Crippen molar-refractivity contribution in [2.75, 3.05) is 39.1 Å². The number of anilines is 1. The van der Waals surface area contributed by atoms with Crippen LogP contribution < -0.4 is 9.64 Å². The first-order chi connectivity index (χ1) is 18.3. The van der Waals surface area contributed by atoms with E-state index in [0.29, 0.717) is 17.7 Å². The largest absolute Gasteiger partial charge is 0.504 e. The van der Waals surface area contributed by atoms with Crippen LogP contribution in [-0.4, -0.2) is 73.2 Å². The molecule has 1 spiro atoms. The van der Waals surface area contributed by atoms with E-state index in [-0.39, 0.29) is 29.2 Å². The lowest BCUT2D eigenvalue weighted by atomic mass is 9.50. The fraction of sp³-hybridized carbons (Fsp3) is 0.567. The number of phenols is 1. The third-order valence-electron chi connectivity index (χ3n) is 10.0. The van der Waals surface area contributed by atoms with Gasteiger partial charge in [0.05, 0.1) is 6.04 Å². The summed E-state index contributed by atoms with van der Waals surface area (Å²) in [5.74, 6) is 2.28. The smallest absolute Gasteiger partial charge is 0.246 e. The van der Waals surface area contributed by atoms with Gasteiger partial charge in [0, 0.05) is 77.3 Å². The molecule has 3 fully saturated rings. The second-order valence-electron chi connectivity index (χ2n) is 12.2. The van der Waals surface area contributed by atoms with E-state index < -0.39 is 0 Å². The Morgan fingerprint density at radius 1 is 1.26 bits per heavy atom. The van der Waals surface area contributed by atoms with E-state index in [0.717, 1.165) is 53.2 Å². The van der Waals surface area contributed by atoms with E-state index in [1.165, 1.54) is 30.5 Å². The number of piperidine rings is 1. The minimum Gasteiger partial charge on any atom is -0.504 e. The highest BCUT2D eigenvalue weighted by Crippen LogP contribution is 2.65. The Kier molecular flexibility index (Phi) is 5.91. The van der Waals surface area contributed by atoms with Gasteiger partial charge in [0.2, 0.25) is 5.91 Å². The van der Waals surface area contributed by atoms with Crippen LogP contribution in [0.2, 0.25) is 0 Å². The van der Waals surface area contributed by atoms with Crippen molar-refractivity contribution >= 4 is 44.9 Å². The first-order valence-corrected chi connectivity index (χ1v) is 15.6. The highest BCUT2D eigenvalue weighted by Gasteiger charge is 2.67. The number of carbonyl (C=O) groups is 1. The maximum absolute atomic E-state index is 13.4. The number of thiophene rings is 1. The average molecular weight is 599 g/mol. The summed E-state index contributed by atoms with van der Waals surface area (Å²) in [4.78, 5) is 21.3. The number of phenolic OH excluding ortho intramolecular Hbond substituents is 1. The topological polar surface area (TPSA) is 56.3 Å². The molecule has 1 saturated heterocycles. The zero-order valence-electron chi connectivity index (χ0n) is 22.3. The quantitative estimate of drug-likeness (QED) is 0.460. The number of aromatic hydroxyl groups is 1. The molecule has 1 aromatic heterocycles. The number of amides is 1. The number of ether oxygens (including phenoxy) is 1. The van der Waals surface area contributed by atoms with Crippen LogP contribution in [0.3, 0.4) is 0 Å². The fourth-order valence-corrected chi connectivity index (χ4v) is 9.50. The molecule has 1 N–H and O–H groups in total. The minimum atomic E-state index is -0.156. The highest BCUT2D eigenvalue weighted by molar-refractivity contribution is 9.10. The monoisotopic (exact) mass is 597 g/mol. The number of carbonyl (C=O) groups excluding carboxylic acids is 1. The third-order valence-corrected chi connectivity index (χ3v) is 11.7. The van der Waals surface area contributed by atoms with Gasteiger partial charge >= 0.3 is 0 Å². The second-order valence-corrected chi connectivity index (χ2v) is 14.1. The SMILES string of the molecule is CN(C)c1cc(O)c2c3c1C[C@@H]1[C@@H]4CC[C@@H](N(C)C(=O)/C=C/c5cc(Br)cs5)[C@H](O2)[C@]34CCN1CC1CC1. The van der Waals surface area contributed by atoms with Crippen molar-refractivity contribution in [1.29, 1.82) is 0 Å². The first kappa shape index (κ1) is 25.0. The number of halogens is 1. The summed E-state index contributed by atoms with van der Waals surface area (Å²) in [6.45, 7) is 2.28. The molecule has 1 amide bonds. The van der Waals surface area contributed by atoms with Crippen LogP contribution in [-0.2, 0) is 16.6 Å². The van der Waals surface area contributed by atoms with Crippen molar-refractivity contribution < 1.29 is 14.6 Å². The number of likely N-dealkylation sites (tertiary alicyclic amines) is 1. The summed E-state index contributed by atoms with van der Waals surface area (Å²) in [5, 5.41) is 13.2. The van der Waals surface area contributed by atoms with Crippen LogP contribution in [0.25, 0.3) is 6.08 Å². The lowest BCUT2D eigenvalue weighted by molar-refractivity contribution is -0.135. The van der Waals surface area contributed by atoms with Gasteiger partial charge in [0.1, 0.15) is 6.10 Å². The molecule has 6 nitrogen and oxygen atoms in total. The van der Waals surface area contributed by atoms with Gasteiger partial charge in [0.25, 0.3) is 0 Å². The molecule has 8 heteroatoms. The third kappa shape index (κ3) is 3.69. The van der Waals surface area contributed by atoms with E-state index in [1.807, 2.05) is 35.5 Å². The van der Waals surface area contributed by atoms with Gasteiger partial charge in [-0.05, 0) is 90.5 Å². The Hall–Kier alpha value is -2.03. The molecule has 3 heterocycles. The molecule has 5 atom stereocenters. The molecule has 1 aromatic carbocycles. The fourth-order valence-electron chi connectivity index (χ4n) is 8.17.